The summed E-state index contributed by atoms with van der Waals surface area (Å²) in [6.45, 7) is 2.86. The molecule has 1 aliphatic heterocycles. The van der Waals surface area contributed by atoms with Gasteiger partial charge in [-0.25, -0.2) is 13.8 Å². The number of rotatable bonds is 3. The number of nitrogens with zero attached hydrogens (tertiary/aromatic N) is 3. The number of amidine groups is 1. The third kappa shape index (κ3) is 3.12. The number of benzene rings is 1. The SMILES string of the molecule is Cc1cn(C)nc1C(=O)Nc1ccc(F)c([C@@]2(C)N=C(N)OC[C@@H]2F)c1. The second-order valence-corrected chi connectivity index (χ2v) is 6.36. The van der Waals surface area contributed by atoms with Crippen molar-refractivity contribution in [3.63, 3.8) is 0 Å². The van der Waals surface area contributed by atoms with Crippen LogP contribution in [0, 0.1) is 12.7 Å². The lowest BCUT2D eigenvalue weighted by molar-refractivity contribution is 0.0923. The van der Waals surface area contributed by atoms with Gasteiger partial charge in [0.2, 0.25) is 0 Å². The average Bonchev–Trinajstić information content (AvgIpc) is 2.91. The lowest BCUT2D eigenvalue weighted by Crippen LogP contribution is -2.43. The van der Waals surface area contributed by atoms with Crippen molar-refractivity contribution in [1.82, 2.24) is 9.78 Å². The normalized spacial score (nSPS) is 22.5. The highest BCUT2D eigenvalue weighted by Gasteiger charge is 2.42. The van der Waals surface area contributed by atoms with Crippen LogP contribution in [0.1, 0.15) is 28.5 Å². The standard InChI is InChI=1S/C17H19F2N5O2/c1-9-7-24(3)23-14(9)15(25)21-10-4-5-12(18)11(6-10)17(2)13(19)8-26-16(20)22-17/h4-7,13H,8H2,1-3H3,(H2,20,22)(H,21,25)/t13-,17+/m0/s1. The van der Waals surface area contributed by atoms with Crippen molar-refractivity contribution in [3.05, 3.63) is 47.0 Å². The summed E-state index contributed by atoms with van der Waals surface area (Å²) in [6.07, 6.45) is 0.118. The summed E-state index contributed by atoms with van der Waals surface area (Å²) in [5, 5.41) is 6.73. The van der Waals surface area contributed by atoms with Crippen LogP contribution in [-0.4, -0.2) is 34.5 Å². The molecule has 2 heterocycles. The smallest absolute Gasteiger partial charge is 0.283 e. The van der Waals surface area contributed by atoms with E-state index in [0.29, 0.717) is 11.3 Å². The number of aromatic nitrogens is 2. The van der Waals surface area contributed by atoms with Crippen LogP contribution in [0.15, 0.2) is 29.4 Å². The molecular formula is C17H19F2N5O2. The van der Waals surface area contributed by atoms with Crippen molar-refractivity contribution < 1.29 is 18.3 Å². The number of hydrogen-bond acceptors (Lipinski definition) is 5. The molecule has 0 saturated carbocycles. The first kappa shape index (κ1) is 17.8. The number of alkyl halides is 1. The Morgan fingerprint density at radius 2 is 2.23 bits per heavy atom. The van der Waals surface area contributed by atoms with E-state index in [1.54, 1.807) is 20.2 Å². The molecule has 1 aromatic carbocycles. The molecule has 0 saturated heterocycles. The van der Waals surface area contributed by atoms with Crippen molar-refractivity contribution >= 4 is 17.6 Å². The van der Waals surface area contributed by atoms with Gasteiger partial charge in [-0.15, -0.1) is 0 Å². The minimum atomic E-state index is -1.59. The van der Waals surface area contributed by atoms with E-state index in [9.17, 15) is 13.6 Å². The summed E-state index contributed by atoms with van der Waals surface area (Å²) < 4.78 is 35.2. The van der Waals surface area contributed by atoms with Crippen LogP contribution in [0.4, 0.5) is 14.5 Å². The molecule has 3 rings (SSSR count). The van der Waals surface area contributed by atoms with E-state index in [0.717, 1.165) is 6.07 Å². The van der Waals surface area contributed by atoms with Crippen LogP contribution >= 0.6 is 0 Å². The first-order chi connectivity index (χ1) is 12.2. The minimum Gasteiger partial charge on any atom is -0.462 e. The summed E-state index contributed by atoms with van der Waals surface area (Å²) >= 11 is 0. The molecule has 0 radical (unpaired) electrons. The van der Waals surface area contributed by atoms with E-state index in [2.05, 4.69) is 15.4 Å². The lowest BCUT2D eigenvalue weighted by Gasteiger charge is -2.33. The van der Waals surface area contributed by atoms with Gasteiger partial charge in [0.25, 0.3) is 11.9 Å². The molecule has 3 N–H and O–H groups in total. The van der Waals surface area contributed by atoms with Crippen molar-refractivity contribution in [2.75, 3.05) is 11.9 Å². The Hall–Kier alpha value is -2.97. The van der Waals surface area contributed by atoms with E-state index in [4.69, 9.17) is 10.5 Å². The van der Waals surface area contributed by atoms with Crippen LogP contribution in [0.3, 0.4) is 0 Å². The van der Waals surface area contributed by atoms with Gasteiger partial charge in [0, 0.05) is 30.1 Å². The number of nitrogens with two attached hydrogens (primary N) is 1. The number of halogens is 2. The molecule has 26 heavy (non-hydrogen) atoms. The Morgan fingerprint density at radius 3 is 2.88 bits per heavy atom. The third-order valence-electron chi connectivity index (χ3n) is 4.33. The number of aliphatic imine (C=N–C) groups is 1. The van der Waals surface area contributed by atoms with Gasteiger partial charge in [0.05, 0.1) is 0 Å². The van der Waals surface area contributed by atoms with Crippen LogP contribution in [0.5, 0.6) is 0 Å². The largest absolute Gasteiger partial charge is 0.462 e. The maximum absolute atomic E-state index is 14.4. The van der Waals surface area contributed by atoms with Gasteiger partial charge in [0.1, 0.15) is 18.0 Å². The van der Waals surface area contributed by atoms with Gasteiger partial charge in [-0.05, 0) is 32.0 Å². The van der Waals surface area contributed by atoms with Crippen molar-refractivity contribution in [1.29, 1.82) is 0 Å². The highest BCUT2D eigenvalue weighted by molar-refractivity contribution is 6.03. The Morgan fingerprint density at radius 1 is 1.50 bits per heavy atom. The molecule has 0 bridgehead atoms. The summed E-state index contributed by atoms with van der Waals surface area (Å²) in [5.41, 5.74) is 5.21. The predicted octanol–water partition coefficient (Wildman–Crippen LogP) is 2.02. The number of carbonyl (C=O) groups excluding carboxylic acids is 1. The molecule has 0 spiro atoms. The van der Waals surface area contributed by atoms with Crippen LogP contribution in [0.2, 0.25) is 0 Å². The molecule has 1 aromatic heterocycles. The molecule has 0 aliphatic carbocycles. The predicted molar refractivity (Wildman–Crippen MR) is 92.1 cm³/mol. The number of ether oxygens (including phenoxy) is 1. The molecule has 0 unspecified atom stereocenters. The first-order valence-electron chi connectivity index (χ1n) is 7.94. The zero-order valence-corrected chi connectivity index (χ0v) is 14.6. The maximum Gasteiger partial charge on any atom is 0.283 e. The molecule has 1 amide bonds. The number of anilines is 1. The number of amides is 1. The van der Waals surface area contributed by atoms with E-state index in [1.807, 2.05) is 0 Å². The molecule has 2 aromatic rings. The molecule has 9 heteroatoms. The van der Waals surface area contributed by atoms with Crippen molar-refractivity contribution in [2.24, 2.45) is 17.8 Å². The maximum atomic E-state index is 14.4. The molecule has 138 valence electrons. The van der Waals surface area contributed by atoms with E-state index in [-0.39, 0.29) is 23.9 Å². The lowest BCUT2D eigenvalue weighted by atomic mass is 9.86. The van der Waals surface area contributed by atoms with Gasteiger partial charge in [-0.3, -0.25) is 9.48 Å². The Bertz CT molecular complexity index is 895. The molecule has 1 aliphatic rings. The summed E-state index contributed by atoms with van der Waals surface area (Å²) in [6, 6.07) is 3.67. The second-order valence-electron chi connectivity index (χ2n) is 6.36. The van der Waals surface area contributed by atoms with Crippen molar-refractivity contribution in [2.45, 2.75) is 25.6 Å². The fourth-order valence-corrected chi connectivity index (χ4v) is 2.89. The summed E-state index contributed by atoms with van der Waals surface area (Å²) in [5.74, 6) is -1.10. The molecule has 0 fully saturated rings. The molecular weight excluding hydrogens is 344 g/mol. The van der Waals surface area contributed by atoms with Gasteiger partial charge in [-0.2, -0.15) is 5.10 Å². The highest BCUT2D eigenvalue weighted by Crippen LogP contribution is 2.37. The Balaban J connectivity index is 1.94. The monoisotopic (exact) mass is 363 g/mol. The highest BCUT2D eigenvalue weighted by atomic mass is 19.1. The molecule has 7 nitrogen and oxygen atoms in total. The first-order valence-corrected chi connectivity index (χ1v) is 7.94. The average molecular weight is 363 g/mol. The summed E-state index contributed by atoms with van der Waals surface area (Å²) in [4.78, 5) is 16.3. The van der Waals surface area contributed by atoms with Gasteiger partial charge in [0.15, 0.2) is 11.9 Å². The Kier molecular flexibility index (Phi) is 4.39. The number of nitrogens with one attached hydrogen (secondary N) is 1. The topological polar surface area (TPSA) is 94.5 Å². The number of carbonyl (C=O) groups is 1. The Labute approximate surface area is 148 Å². The molecule has 2 atom stereocenters. The number of hydrogen-bond donors (Lipinski definition) is 2. The summed E-state index contributed by atoms with van der Waals surface area (Å²) in [7, 11) is 1.70. The van der Waals surface area contributed by atoms with Gasteiger partial charge < -0.3 is 15.8 Å². The fourth-order valence-electron chi connectivity index (χ4n) is 2.89. The van der Waals surface area contributed by atoms with Crippen LogP contribution in [-0.2, 0) is 17.3 Å². The fraction of sp³-hybridized carbons (Fsp3) is 0.353. The second kappa shape index (κ2) is 6.40. The quantitative estimate of drug-likeness (QED) is 0.872. The zero-order valence-electron chi connectivity index (χ0n) is 14.6. The van der Waals surface area contributed by atoms with Gasteiger partial charge >= 0.3 is 0 Å². The zero-order chi connectivity index (χ0) is 19.1. The number of aryl methyl sites for hydroxylation is 2. The van der Waals surface area contributed by atoms with Crippen LogP contribution < -0.4 is 11.1 Å². The third-order valence-corrected chi connectivity index (χ3v) is 4.33. The minimum absolute atomic E-state index is 0.0215. The van der Waals surface area contributed by atoms with Crippen molar-refractivity contribution in [3.8, 4) is 0 Å². The van der Waals surface area contributed by atoms with E-state index >= 15 is 0 Å². The van der Waals surface area contributed by atoms with Gasteiger partial charge in [-0.1, -0.05) is 0 Å². The van der Waals surface area contributed by atoms with E-state index in [1.165, 1.54) is 23.7 Å². The van der Waals surface area contributed by atoms with Crippen LogP contribution in [0.25, 0.3) is 0 Å². The van der Waals surface area contributed by atoms with E-state index < -0.39 is 23.4 Å².